The van der Waals surface area contributed by atoms with Crippen molar-refractivity contribution in [3.05, 3.63) is 48.3 Å². The van der Waals surface area contributed by atoms with Crippen LogP contribution in [0.3, 0.4) is 0 Å². The van der Waals surface area contributed by atoms with Crippen molar-refractivity contribution in [1.29, 1.82) is 0 Å². The molecular weight excluding hydrogens is 354 g/mol. The van der Waals surface area contributed by atoms with E-state index in [1.807, 2.05) is 30.3 Å². The van der Waals surface area contributed by atoms with Gasteiger partial charge in [-0.05, 0) is 24.5 Å². The van der Waals surface area contributed by atoms with Crippen molar-refractivity contribution < 1.29 is 9.53 Å². The van der Waals surface area contributed by atoms with Crippen LogP contribution in [0.2, 0.25) is 0 Å². The van der Waals surface area contributed by atoms with Gasteiger partial charge in [-0.2, -0.15) is 0 Å². The molecule has 0 bridgehead atoms. The molecule has 0 unspecified atom stereocenters. The minimum absolute atomic E-state index is 0.127. The Kier molecular flexibility index (Phi) is 5.54. The van der Waals surface area contributed by atoms with E-state index in [-0.39, 0.29) is 18.1 Å². The van der Waals surface area contributed by atoms with Gasteiger partial charge in [0.05, 0.1) is 18.3 Å². The topological polar surface area (TPSA) is 79.4 Å². The summed E-state index contributed by atoms with van der Waals surface area (Å²) in [6.45, 7) is 6.95. The Bertz CT molecular complexity index is 796. The van der Waals surface area contributed by atoms with Gasteiger partial charge in [0.2, 0.25) is 5.95 Å². The molecule has 3 heterocycles. The maximum Gasteiger partial charge on any atom is 0.254 e. The van der Waals surface area contributed by atoms with Crippen molar-refractivity contribution >= 4 is 17.5 Å². The van der Waals surface area contributed by atoms with Gasteiger partial charge in [0.25, 0.3) is 5.91 Å². The Morgan fingerprint density at radius 3 is 2.64 bits per heavy atom. The van der Waals surface area contributed by atoms with Crippen LogP contribution < -0.4 is 10.6 Å². The number of nitrogens with one attached hydrogen (secondary N) is 2. The number of nitrogens with zero attached hydrogens (tertiary/aromatic N) is 3. The number of amides is 1. The smallest absolute Gasteiger partial charge is 0.254 e. The molecule has 7 nitrogen and oxygen atoms in total. The summed E-state index contributed by atoms with van der Waals surface area (Å²) in [4.78, 5) is 23.5. The molecule has 0 spiro atoms. The standard InChI is InChI=1S/C21H27N5O2/c1-14(2)19-12-26-11-17(8-18(26)13-28-19)24-20(27)15-9-22-21(23-10-15)25-16-6-4-3-5-7-16/h3-7,9-10,14,17-19H,8,11-13H2,1-2H3,(H,24,27)(H,22,23,25)/t17-,18-,19+/m0/s1. The molecule has 2 aliphatic rings. The number of hydrogen-bond donors (Lipinski definition) is 2. The van der Waals surface area contributed by atoms with E-state index in [4.69, 9.17) is 4.74 Å². The van der Waals surface area contributed by atoms with Crippen molar-refractivity contribution in [2.75, 3.05) is 25.0 Å². The second-order valence-electron chi connectivity index (χ2n) is 7.92. The minimum Gasteiger partial charge on any atom is -0.375 e. The molecule has 0 aliphatic carbocycles. The van der Waals surface area contributed by atoms with Gasteiger partial charge in [-0.1, -0.05) is 32.0 Å². The Morgan fingerprint density at radius 2 is 1.93 bits per heavy atom. The fraction of sp³-hybridized carbons (Fsp3) is 0.476. The first-order valence-corrected chi connectivity index (χ1v) is 9.89. The number of para-hydroxylation sites is 1. The average Bonchev–Trinajstić information content (AvgIpc) is 3.10. The highest BCUT2D eigenvalue weighted by atomic mass is 16.5. The number of anilines is 2. The van der Waals surface area contributed by atoms with Gasteiger partial charge >= 0.3 is 0 Å². The van der Waals surface area contributed by atoms with Gasteiger partial charge < -0.3 is 15.4 Å². The maximum atomic E-state index is 12.6. The lowest BCUT2D eigenvalue weighted by Gasteiger charge is -2.36. The second kappa shape index (κ2) is 8.24. The molecular formula is C21H27N5O2. The van der Waals surface area contributed by atoms with Crippen LogP contribution in [0.5, 0.6) is 0 Å². The van der Waals surface area contributed by atoms with Gasteiger partial charge in [-0.3, -0.25) is 9.69 Å². The summed E-state index contributed by atoms with van der Waals surface area (Å²) >= 11 is 0. The van der Waals surface area contributed by atoms with Crippen LogP contribution in [0.15, 0.2) is 42.7 Å². The molecule has 2 saturated heterocycles. The monoisotopic (exact) mass is 381 g/mol. The quantitative estimate of drug-likeness (QED) is 0.828. The molecule has 148 valence electrons. The molecule has 2 N–H and O–H groups in total. The zero-order valence-electron chi connectivity index (χ0n) is 16.3. The van der Waals surface area contributed by atoms with Crippen LogP contribution in [-0.4, -0.2) is 58.7 Å². The van der Waals surface area contributed by atoms with Crippen molar-refractivity contribution in [3.8, 4) is 0 Å². The Morgan fingerprint density at radius 1 is 1.18 bits per heavy atom. The van der Waals surface area contributed by atoms with E-state index in [0.717, 1.165) is 31.8 Å². The van der Waals surface area contributed by atoms with Crippen LogP contribution >= 0.6 is 0 Å². The molecule has 7 heteroatoms. The summed E-state index contributed by atoms with van der Waals surface area (Å²) < 4.78 is 5.97. The van der Waals surface area contributed by atoms with Gasteiger partial charge in [-0.25, -0.2) is 9.97 Å². The fourth-order valence-electron chi connectivity index (χ4n) is 3.84. The van der Waals surface area contributed by atoms with Gasteiger partial charge in [-0.15, -0.1) is 0 Å². The molecule has 1 aromatic carbocycles. The van der Waals surface area contributed by atoms with Gasteiger partial charge in [0.1, 0.15) is 0 Å². The van der Waals surface area contributed by atoms with Gasteiger partial charge in [0.15, 0.2) is 0 Å². The summed E-state index contributed by atoms with van der Waals surface area (Å²) in [6, 6.07) is 10.2. The van der Waals surface area contributed by atoms with Crippen LogP contribution in [0.25, 0.3) is 0 Å². The summed E-state index contributed by atoms with van der Waals surface area (Å²) in [5.41, 5.74) is 1.38. The summed E-state index contributed by atoms with van der Waals surface area (Å²) in [7, 11) is 0. The lowest BCUT2D eigenvalue weighted by Crippen LogP contribution is -2.48. The first kappa shape index (κ1) is 18.8. The lowest BCUT2D eigenvalue weighted by atomic mass is 10.0. The fourth-order valence-corrected chi connectivity index (χ4v) is 3.84. The molecule has 2 fully saturated rings. The third-order valence-electron chi connectivity index (χ3n) is 5.47. The van der Waals surface area contributed by atoms with Crippen LogP contribution in [-0.2, 0) is 4.74 Å². The first-order valence-electron chi connectivity index (χ1n) is 9.89. The first-order chi connectivity index (χ1) is 13.6. The van der Waals surface area contributed by atoms with Crippen molar-refractivity contribution in [2.24, 2.45) is 5.92 Å². The molecule has 2 aromatic rings. The Balaban J connectivity index is 1.32. The number of rotatable bonds is 5. The number of carbonyl (C=O) groups is 1. The molecule has 2 aliphatic heterocycles. The molecule has 1 aromatic heterocycles. The SMILES string of the molecule is CC(C)[C@H]1CN2C[C@@H](NC(=O)c3cnc(Nc4ccccc4)nc3)C[C@H]2CO1. The maximum absolute atomic E-state index is 12.6. The third-order valence-corrected chi connectivity index (χ3v) is 5.47. The lowest BCUT2D eigenvalue weighted by molar-refractivity contribution is -0.0683. The number of carbonyl (C=O) groups excluding carboxylic acids is 1. The van der Waals surface area contributed by atoms with E-state index in [2.05, 4.69) is 39.3 Å². The van der Waals surface area contributed by atoms with E-state index in [1.54, 1.807) is 12.4 Å². The van der Waals surface area contributed by atoms with E-state index >= 15 is 0 Å². The van der Waals surface area contributed by atoms with Crippen molar-refractivity contribution in [1.82, 2.24) is 20.2 Å². The predicted octanol–water partition coefficient (Wildman–Crippen LogP) is 2.45. The highest BCUT2D eigenvalue weighted by molar-refractivity contribution is 5.93. The molecule has 28 heavy (non-hydrogen) atoms. The normalized spacial score (nSPS) is 24.8. The summed E-state index contributed by atoms with van der Waals surface area (Å²) in [6.07, 6.45) is 4.33. The Labute approximate surface area is 165 Å². The predicted molar refractivity (Wildman–Crippen MR) is 108 cm³/mol. The minimum atomic E-state index is -0.127. The molecule has 0 saturated carbocycles. The number of morpholine rings is 1. The van der Waals surface area contributed by atoms with Crippen molar-refractivity contribution in [2.45, 2.75) is 38.5 Å². The zero-order chi connectivity index (χ0) is 19.5. The number of ether oxygens (including phenoxy) is 1. The second-order valence-corrected chi connectivity index (χ2v) is 7.92. The van der Waals surface area contributed by atoms with E-state index in [0.29, 0.717) is 23.5 Å². The number of aromatic nitrogens is 2. The van der Waals surface area contributed by atoms with Crippen LogP contribution in [0.4, 0.5) is 11.6 Å². The highest BCUT2D eigenvalue weighted by Crippen LogP contribution is 2.26. The largest absolute Gasteiger partial charge is 0.375 e. The highest BCUT2D eigenvalue weighted by Gasteiger charge is 2.38. The molecule has 4 rings (SSSR count). The molecule has 3 atom stereocenters. The van der Waals surface area contributed by atoms with Gasteiger partial charge in [0, 0.05) is 43.3 Å². The third kappa shape index (κ3) is 4.31. The molecule has 1 amide bonds. The van der Waals surface area contributed by atoms with E-state index in [9.17, 15) is 4.79 Å². The zero-order valence-corrected chi connectivity index (χ0v) is 16.3. The Hall–Kier alpha value is -2.51. The van der Waals surface area contributed by atoms with E-state index < -0.39 is 0 Å². The van der Waals surface area contributed by atoms with Crippen LogP contribution in [0.1, 0.15) is 30.6 Å². The number of fused-ring (bicyclic) bond motifs is 1. The van der Waals surface area contributed by atoms with E-state index in [1.165, 1.54) is 0 Å². The average molecular weight is 381 g/mol. The van der Waals surface area contributed by atoms with Crippen molar-refractivity contribution in [3.63, 3.8) is 0 Å². The van der Waals surface area contributed by atoms with Crippen LogP contribution in [0, 0.1) is 5.92 Å². The number of benzene rings is 1. The summed E-state index contributed by atoms with van der Waals surface area (Å²) in [5.74, 6) is 0.852. The molecule has 0 radical (unpaired) electrons. The summed E-state index contributed by atoms with van der Waals surface area (Å²) in [5, 5.41) is 6.24. The number of hydrogen-bond acceptors (Lipinski definition) is 6.